The van der Waals surface area contributed by atoms with Crippen molar-refractivity contribution in [2.24, 2.45) is 0 Å². The molecule has 6 heteroatoms. The minimum Gasteiger partial charge on any atom is -0.383 e. The SMILES string of the molecule is CCC(CC)N(CCOC)c1nc(COC)c(CNC)s1. The van der Waals surface area contributed by atoms with Gasteiger partial charge in [0.25, 0.3) is 0 Å². The third-order valence-corrected chi connectivity index (χ3v) is 4.69. The van der Waals surface area contributed by atoms with Crippen LogP contribution in [0, 0.1) is 0 Å². The molecule has 0 aromatic carbocycles. The first-order valence-electron chi connectivity index (χ1n) is 7.59. The van der Waals surface area contributed by atoms with Crippen molar-refractivity contribution in [3.05, 3.63) is 10.6 Å². The Labute approximate surface area is 132 Å². The number of nitrogens with one attached hydrogen (secondary N) is 1. The predicted octanol–water partition coefficient (Wildman–Crippen LogP) is 2.65. The number of hydrogen-bond donors (Lipinski definition) is 1. The van der Waals surface area contributed by atoms with Crippen LogP contribution in [0.1, 0.15) is 37.3 Å². The van der Waals surface area contributed by atoms with Gasteiger partial charge in [0.15, 0.2) is 5.13 Å². The summed E-state index contributed by atoms with van der Waals surface area (Å²) in [4.78, 5) is 8.45. The van der Waals surface area contributed by atoms with Gasteiger partial charge in [0.1, 0.15) is 0 Å². The van der Waals surface area contributed by atoms with Gasteiger partial charge in [0.05, 0.1) is 18.9 Å². The van der Waals surface area contributed by atoms with Gasteiger partial charge in [-0.3, -0.25) is 0 Å². The molecule has 1 rings (SSSR count). The van der Waals surface area contributed by atoms with Gasteiger partial charge >= 0.3 is 0 Å². The molecule has 0 aliphatic carbocycles. The average molecular weight is 315 g/mol. The molecule has 0 bridgehead atoms. The van der Waals surface area contributed by atoms with E-state index in [1.165, 1.54) is 4.88 Å². The average Bonchev–Trinajstić information content (AvgIpc) is 2.87. The molecule has 0 unspecified atom stereocenters. The van der Waals surface area contributed by atoms with Crippen LogP contribution in [0.25, 0.3) is 0 Å². The zero-order valence-electron chi connectivity index (χ0n) is 13.9. The maximum atomic E-state index is 5.28. The quantitative estimate of drug-likeness (QED) is 0.680. The molecule has 0 aliphatic heterocycles. The topological polar surface area (TPSA) is 46.6 Å². The van der Waals surface area contributed by atoms with E-state index in [0.717, 1.165) is 43.4 Å². The monoisotopic (exact) mass is 315 g/mol. The molecule has 0 aliphatic rings. The van der Waals surface area contributed by atoms with E-state index in [4.69, 9.17) is 14.5 Å². The van der Waals surface area contributed by atoms with Gasteiger partial charge in [-0.25, -0.2) is 4.98 Å². The molecule has 0 atom stereocenters. The molecule has 21 heavy (non-hydrogen) atoms. The van der Waals surface area contributed by atoms with E-state index in [9.17, 15) is 0 Å². The van der Waals surface area contributed by atoms with E-state index in [1.807, 2.05) is 7.05 Å². The van der Waals surface area contributed by atoms with E-state index in [-0.39, 0.29) is 0 Å². The summed E-state index contributed by atoms with van der Waals surface area (Å²) >= 11 is 1.76. The van der Waals surface area contributed by atoms with E-state index in [0.29, 0.717) is 12.6 Å². The molecule has 5 nitrogen and oxygen atoms in total. The number of aromatic nitrogens is 1. The summed E-state index contributed by atoms with van der Waals surface area (Å²) in [6, 6.07) is 0.504. The first-order chi connectivity index (χ1) is 10.2. The van der Waals surface area contributed by atoms with Crippen molar-refractivity contribution in [1.82, 2.24) is 10.3 Å². The molecule has 0 spiro atoms. The molecule has 0 saturated carbocycles. The van der Waals surface area contributed by atoms with Gasteiger partial charge in [-0.2, -0.15) is 0 Å². The summed E-state index contributed by atoms with van der Waals surface area (Å²) in [5, 5.41) is 4.29. The predicted molar refractivity (Wildman–Crippen MR) is 89.2 cm³/mol. The Bertz CT molecular complexity index is 371. The summed E-state index contributed by atoms with van der Waals surface area (Å²) in [6.07, 6.45) is 2.22. The number of nitrogens with zero attached hydrogens (tertiary/aromatic N) is 2. The second kappa shape index (κ2) is 10.1. The normalized spacial score (nSPS) is 11.3. The van der Waals surface area contributed by atoms with Crippen LogP contribution in [0.5, 0.6) is 0 Å². The summed E-state index contributed by atoms with van der Waals surface area (Å²) in [5.41, 5.74) is 1.04. The van der Waals surface area contributed by atoms with Crippen LogP contribution in [0.3, 0.4) is 0 Å². The molecular weight excluding hydrogens is 286 g/mol. The smallest absolute Gasteiger partial charge is 0.186 e. The molecule has 1 aromatic rings. The van der Waals surface area contributed by atoms with Gasteiger partial charge in [0, 0.05) is 38.2 Å². The van der Waals surface area contributed by atoms with Crippen molar-refractivity contribution in [2.75, 3.05) is 39.3 Å². The van der Waals surface area contributed by atoms with Crippen molar-refractivity contribution in [1.29, 1.82) is 0 Å². The Morgan fingerprint density at radius 2 is 1.95 bits per heavy atom. The van der Waals surface area contributed by atoms with Crippen LogP contribution in [-0.2, 0) is 22.6 Å². The fraction of sp³-hybridized carbons (Fsp3) is 0.800. The maximum Gasteiger partial charge on any atom is 0.186 e. The molecule has 122 valence electrons. The fourth-order valence-corrected chi connectivity index (χ4v) is 3.57. The van der Waals surface area contributed by atoms with Gasteiger partial charge < -0.3 is 19.7 Å². The Hall–Kier alpha value is -0.690. The molecular formula is C15H29N3O2S. The molecule has 0 saturated heterocycles. The number of hydrogen-bond acceptors (Lipinski definition) is 6. The molecule has 1 aromatic heterocycles. The zero-order valence-corrected chi connectivity index (χ0v) is 14.8. The van der Waals surface area contributed by atoms with Crippen LogP contribution in [0.15, 0.2) is 0 Å². The number of methoxy groups -OCH3 is 2. The Kier molecular flexibility index (Phi) is 8.84. The van der Waals surface area contributed by atoms with Gasteiger partial charge in [0.2, 0.25) is 0 Å². The lowest BCUT2D eigenvalue weighted by Gasteiger charge is -2.30. The van der Waals surface area contributed by atoms with Crippen molar-refractivity contribution in [2.45, 2.75) is 45.9 Å². The summed E-state index contributed by atoms with van der Waals surface area (Å²) < 4.78 is 10.5. The van der Waals surface area contributed by atoms with E-state index < -0.39 is 0 Å². The molecule has 0 amide bonds. The Morgan fingerprint density at radius 1 is 1.24 bits per heavy atom. The number of anilines is 1. The highest BCUT2D eigenvalue weighted by molar-refractivity contribution is 7.15. The standard InChI is InChI=1S/C15H29N3O2S/c1-6-12(7-2)18(8-9-19-4)15-17-13(11-20-5)14(21-15)10-16-3/h12,16H,6-11H2,1-5H3. The number of rotatable bonds is 11. The van der Waals surface area contributed by atoms with E-state index in [1.54, 1.807) is 25.6 Å². The van der Waals surface area contributed by atoms with E-state index >= 15 is 0 Å². The third kappa shape index (κ3) is 5.21. The number of ether oxygens (including phenoxy) is 2. The summed E-state index contributed by atoms with van der Waals surface area (Å²) in [7, 11) is 5.42. The van der Waals surface area contributed by atoms with Crippen molar-refractivity contribution < 1.29 is 9.47 Å². The Morgan fingerprint density at radius 3 is 2.48 bits per heavy atom. The summed E-state index contributed by atoms with van der Waals surface area (Å²) in [5.74, 6) is 0. The van der Waals surface area contributed by atoms with Crippen LogP contribution in [0.4, 0.5) is 5.13 Å². The fourth-order valence-electron chi connectivity index (χ4n) is 2.39. The summed E-state index contributed by atoms with van der Waals surface area (Å²) in [6.45, 7) is 7.45. The van der Waals surface area contributed by atoms with Crippen LogP contribution >= 0.6 is 11.3 Å². The van der Waals surface area contributed by atoms with Gasteiger partial charge in [-0.1, -0.05) is 13.8 Å². The maximum absolute atomic E-state index is 5.28. The Balaban J connectivity index is 3.01. The van der Waals surface area contributed by atoms with Crippen molar-refractivity contribution in [3.8, 4) is 0 Å². The lowest BCUT2D eigenvalue weighted by atomic mass is 10.1. The van der Waals surface area contributed by atoms with Gasteiger partial charge in [-0.05, 0) is 19.9 Å². The van der Waals surface area contributed by atoms with Crippen molar-refractivity contribution in [3.63, 3.8) is 0 Å². The first kappa shape index (κ1) is 18.4. The van der Waals surface area contributed by atoms with Crippen LogP contribution < -0.4 is 10.2 Å². The van der Waals surface area contributed by atoms with Crippen LogP contribution in [-0.4, -0.2) is 45.4 Å². The highest BCUT2D eigenvalue weighted by atomic mass is 32.1. The largest absolute Gasteiger partial charge is 0.383 e. The lowest BCUT2D eigenvalue weighted by molar-refractivity contribution is 0.181. The number of thiazole rings is 1. The third-order valence-electron chi connectivity index (χ3n) is 3.55. The molecule has 1 N–H and O–H groups in total. The minimum atomic E-state index is 0.504. The molecule has 1 heterocycles. The first-order valence-corrected chi connectivity index (χ1v) is 8.41. The van der Waals surface area contributed by atoms with Crippen molar-refractivity contribution >= 4 is 16.5 Å². The second-order valence-corrected chi connectivity index (χ2v) is 6.05. The molecule has 0 fully saturated rings. The van der Waals surface area contributed by atoms with Gasteiger partial charge in [-0.15, -0.1) is 11.3 Å². The lowest BCUT2D eigenvalue weighted by Crippen LogP contribution is -2.37. The molecule has 0 radical (unpaired) electrons. The second-order valence-electron chi connectivity index (χ2n) is 4.99. The van der Waals surface area contributed by atoms with E-state index in [2.05, 4.69) is 24.1 Å². The zero-order chi connectivity index (χ0) is 15.7. The minimum absolute atomic E-state index is 0.504. The highest BCUT2D eigenvalue weighted by Gasteiger charge is 2.21. The highest BCUT2D eigenvalue weighted by Crippen LogP contribution is 2.29. The van der Waals surface area contributed by atoms with Crippen LogP contribution in [0.2, 0.25) is 0 Å².